The molecule has 0 fully saturated rings. The topological polar surface area (TPSA) is 72.4 Å². The number of rotatable bonds is 3. The SMILES string of the molecule is CN(Cc1ccc2ncoc2c1)C(=O)C(C)(C)N. The van der Waals surface area contributed by atoms with E-state index in [2.05, 4.69) is 4.98 Å². The molecular weight excluding hydrogens is 230 g/mol. The van der Waals surface area contributed by atoms with Gasteiger partial charge < -0.3 is 15.1 Å². The molecule has 1 heterocycles. The first kappa shape index (κ1) is 12.6. The molecule has 96 valence electrons. The fourth-order valence-corrected chi connectivity index (χ4v) is 1.84. The van der Waals surface area contributed by atoms with Crippen molar-refractivity contribution in [2.75, 3.05) is 7.05 Å². The van der Waals surface area contributed by atoms with Gasteiger partial charge in [0.1, 0.15) is 5.52 Å². The number of carbonyl (C=O) groups is 1. The summed E-state index contributed by atoms with van der Waals surface area (Å²) in [6.45, 7) is 3.90. The first-order chi connectivity index (χ1) is 8.38. The second-order valence-electron chi connectivity index (χ2n) is 5.04. The lowest BCUT2D eigenvalue weighted by molar-refractivity contribution is -0.134. The Morgan fingerprint density at radius 1 is 1.50 bits per heavy atom. The summed E-state index contributed by atoms with van der Waals surface area (Å²) in [5.74, 6) is -0.0971. The van der Waals surface area contributed by atoms with E-state index in [0.29, 0.717) is 6.54 Å². The number of carbonyl (C=O) groups excluding carboxylic acids is 1. The molecule has 0 spiro atoms. The molecule has 0 aliphatic heterocycles. The van der Waals surface area contributed by atoms with Crippen LogP contribution in [0.15, 0.2) is 29.0 Å². The van der Waals surface area contributed by atoms with Crippen molar-refractivity contribution in [3.63, 3.8) is 0 Å². The third kappa shape index (κ3) is 2.51. The monoisotopic (exact) mass is 247 g/mol. The van der Waals surface area contributed by atoms with Gasteiger partial charge in [-0.15, -0.1) is 0 Å². The molecule has 2 rings (SSSR count). The van der Waals surface area contributed by atoms with Crippen molar-refractivity contribution in [2.24, 2.45) is 5.73 Å². The summed E-state index contributed by atoms with van der Waals surface area (Å²) < 4.78 is 5.23. The summed E-state index contributed by atoms with van der Waals surface area (Å²) in [5.41, 5.74) is 7.45. The molecule has 0 atom stereocenters. The molecule has 0 bridgehead atoms. The fraction of sp³-hybridized carbons (Fsp3) is 0.385. The van der Waals surface area contributed by atoms with Crippen LogP contribution in [0.5, 0.6) is 0 Å². The number of benzene rings is 1. The quantitative estimate of drug-likeness (QED) is 0.892. The van der Waals surface area contributed by atoms with Gasteiger partial charge in [-0.05, 0) is 31.5 Å². The maximum atomic E-state index is 11.9. The Hall–Kier alpha value is -1.88. The minimum atomic E-state index is -0.856. The Balaban J connectivity index is 2.15. The summed E-state index contributed by atoms with van der Waals surface area (Å²) in [6.07, 6.45) is 1.41. The molecule has 2 aromatic rings. The highest BCUT2D eigenvalue weighted by Crippen LogP contribution is 2.16. The molecule has 5 heteroatoms. The van der Waals surface area contributed by atoms with Crippen LogP contribution in [-0.2, 0) is 11.3 Å². The van der Waals surface area contributed by atoms with Crippen molar-refractivity contribution >= 4 is 17.0 Å². The van der Waals surface area contributed by atoms with Crippen LogP contribution in [0.2, 0.25) is 0 Å². The highest BCUT2D eigenvalue weighted by molar-refractivity contribution is 5.85. The maximum Gasteiger partial charge on any atom is 0.242 e. The number of likely N-dealkylation sites (N-methyl/N-ethyl adjacent to an activating group) is 1. The first-order valence-corrected chi connectivity index (χ1v) is 5.74. The van der Waals surface area contributed by atoms with Gasteiger partial charge in [0.15, 0.2) is 12.0 Å². The van der Waals surface area contributed by atoms with Crippen LogP contribution in [0, 0.1) is 0 Å². The maximum absolute atomic E-state index is 11.9. The number of hydrogen-bond donors (Lipinski definition) is 1. The average Bonchev–Trinajstić information content (AvgIpc) is 2.73. The first-order valence-electron chi connectivity index (χ1n) is 5.74. The van der Waals surface area contributed by atoms with E-state index in [1.165, 1.54) is 6.39 Å². The lowest BCUT2D eigenvalue weighted by Gasteiger charge is -2.25. The van der Waals surface area contributed by atoms with Crippen molar-refractivity contribution in [2.45, 2.75) is 25.9 Å². The van der Waals surface area contributed by atoms with Gasteiger partial charge in [0.2, 0.25) is 5.91 Å². The third-order valence-electron chi connectivity index (χ3n) is 2.71. The number of nitrogens with zero attached hydrogens (tertiary/aromatic N) is 2. The van der Waals surface area contributed by atoms with E-state index in [4.69, 9.17) is 10.2 Å². The van der Waals surface area contributed by atoms with E-state index >= 15 is 0 Å². The second kappa shape index (κ2) is 4.42. The summed E-state index contributed by atoms with van der Waals surface area (Å²) in [4.78, 5) is 17.6. The van der Waals surface area contributed by atoms with Crippen LogP contribution in [0.1, 0.15) is 19.4 Å². The van der Waals surface area contributed by atoms with Gasteiger partial charge in [0.05, 0.1) is 5.54 Å². The van der Waals surface area contributed by atoms with Gasteiger partial charge in [0.25, 0.3) is 0 Å². The number of hydrogen-bond acceptors (Lipinski definition) is 4. The molecule has 0 saturated carbocycles. The normalized spacial score (nSPS) is 11.8. The van der Waals surface area contributed by atoms with Crippen molar-refractivity contribution < 1.29 is 9.21 Å². The molecule has 1 aromatic heterocycles. The van der Waals surface area contributed by atoms with Crippen molar-refractivity contribution in [1.29, 1.82) is 0 Å². The number of fused-ring (bicyclic) bond motifs is 1. The van der Waals surface area contributed by atoms with Crippen LogP contribution in [-0.4, -0.2) is 28.4 Å². The van der Waals surface area contributed by atoms with Crippen LogP contribution >= 0.6 is 0 Å². The molecule has 0 radical (unpaired) electrons. The van der Waals surface area contributed by atoms with Gasteiger partial charge in [-0.1, -0.05) is 6.07 Å². The van der Waals surface area contributed by atoms with Gasteiger partial charge in [-0.2, -0.15) is 0 Å². The van der Waals surface area contributed by atoms with E-state index in [9.17, 15) is 4.79 Å². The molecule has 0 saturated heterocycles. The van der Waals surface area contributed by atoms with Gasteiger partial charge >= 0.3 is 0 Å². The average molecular weight is 247 g/mol. The standard InChI is InChI=1S/C13H17N3O2/c1-13(2,14)12(17)16(3)7-9-4-5-10-11(6-9)18-8-15-10/h4-6,8H,7,14H2,1-3H3. The molecule has 2 N–H and O–H groups in total. The minimum absolute atomic E-state index is 0.0971. The molecule has 18 heavy (non-hydrogen) atoms. The zero-order valence-corrected chi connectivity index (χ0v) is 10.8. The lowest BCUT2D eigenvalue weighted by Crippen LogP contribution is -2.49. The molecule has 5 nitrogen and oxygen atoms in total. The van der Waals surface area contributed by atoms with Gasteiger partial charge in [-0.25, -0.2) is 4.98 Å². The van der Waals surface area contributed by atoms with Crippen LogP contribution in [0.25, 0.3) is 11.1 Å². The largest absolute Gasteiger partial charge is 0.443 e. The van der Waals surface area contributed by atoms with Crippen LogP contribution in [0.3, 0.4) is 0 Å². The van der Waals surface area contributed by atoms with E-state index in [-0.39, 0.29) is 5.91 Å². The van der Waals surface area contributed by atoms with Gasteiger partial charge in [-0.3, -0.25) is 4.79 Å². The summed E-state index contributed by atoms with van der Waals surface area (Å²) in [5, 5.41) is 0. The molecule has 1 aromatic carbocycles. The number of nitrogens with two attached hydrogens (primary N) is 1. The highest BCUT2D eigenvalue weighted by Gasteiger charge is 2.25. The van der Waals surface area contributed by atoms with Crippen LogP contribution < -0.4 is 5.73 Å². The fourth-order valence-electron chi connectivity index (χ4n) is 1.84. The predicted molar refractivity (Wildman–Crippen MR) is 68.7 cm³/mol. The Morgan fingerprint density at radius 3 is 2.89 bits per heavy atom. The molecule has 1 amide bonds. The number of amides is 1. The van der Waals surface area contributed by atoms with E-state index in [1.54, 1.807) is 25.8 Å². The van der Waals surface area contributed by atoms with Crippen LogP contribution in [0.4, 0.5) is 0 Å². The third-order valence-corrected chi connectivity index (χ3v) is 2.71. The van der Waals surface area contributed by atoms with Gasteiger partial charge in [0, 0.05) is 13.6 Å². The minimum Gasteiger partial charge on any atom is -0.443 e. The Labute approximate surface area is 106 Å². The molecule has 0 unspecified atom stereocenters. The Kier molecular flexibility index (Phi) is 3.09. The van der Waals surface area contributed by atoms with E-state index in [0.717, 1.165) is 16.7 Å². The van der Waals surface area contributed by atoms with Crippen molar-refractivity contribution in [1.82, 2.24) is 9.88 Å². The van der Waals surface area contributed by atoms with E-state index in [1.807, 2.05) is 18.2 Å². The summed E-state index contributed by atoms with van der Waals surface area (Å²) in [6, 6.07) is 5.69. The Morgan fingerprint density at radius 2 is 2.22 bits per heavy atom. The smallest absolute Gasteiger partial charge is 0.242 e. The predicted octanol–water partition coefficient (Wildman–Crippen LogP) is 1.52. The highest BCUT2D eigenvalue weighted by atomic mass is 16.3. The number of aromatic nitrogens is 1. The van der Waals surface area contributed by atoms with E-state index < -0.39 is 5.54 Å². The molecular formula is C13H17N3O2. The molecule has 0 aliphatic rings. The molecule has 0 aliphatic carbocycles. The number of oxazole rings is 1. The summed E-state index contributed by atoms with van der Waals surface area (Å²) >= 11 is 0. The zero-order valence-electron chi connectivity index (χ0n) is 10.8. The van der Waals surface area contributed by atoms with Crippen molar-refractivity contribution in [3.05, 3.63) is 30.2 Å². The zero-order chi connectivity index (χ0) is 13.3. The summed E-state index contributed by atoms with van der Waals surface area (Å²) in [7, 11) is 1.74. The lowest BCUT2D eigenvalue weighted by atomic mass is 10.1. The van der Waals surface area contributed by atoms with Crippen molar-refractivity contribution in [3.8, 4) is 0 Å². The second-order valence-corrected chi connectivity index (χ2v) is 5.04. The Bertz CT molecular complexity index is 569.